The van der Waals surface area contributed by atoms with Gasteiger partial charge in [0.25, 0.3) is 5.91 Å². The third kappa shape index (κ3) is 2.53. The van der Waals surface area contributed by atoms with Crippen LogP contribution >= 0.6 is 11.3 Å². The zero-order chi connectivity index (χ0) is 13.1. The highest BCUT2D eigenvalue weighted by atomic mass is 32.1. The van der Waals surface area contributed by atoms with Crippen LogP contribution in [-0.2, 0) is 6.54 Å². The minimum atomic E-state index is -0.128. The molecule has 3 N–H and O–H groups in total. The van der Waals surface area contributed by atoms with Gasteiger partial charge in [0.1, 0.15) is 10.7 Å². The molecule has 96 valence electrons. The zero-order valence-corrected chi connectivity index (χ0v) is 11.2. The molecule has 2 aromatic heterocycles. The lowest BCUT2D eigenvalue weighted by Crippen LogP contribution is -2.28. The van der Waals surface area contributed by atoms with Crippen LogP contribution < -0.4 is 11.1 Å². The molecule has 0 radical (unpaired) electrons. The van der Waals surface area contributed by atoms with Gasteiger partial charge in [-0.05, 0) is 19.9 Å². The van der Waals surface area contributed by atoms with Crippen LogP contribution in [0.25, 0.3) is 0 Å². The van der Waals surface area contributed by atoms with Gasteiger partial charge in [0.15, 0.2) is 0 Å². The molecule has 1 unspecified atom stereocenters. The highest BCUT2D eigenvalue weighted by molar-refractivity contribution is 7.09. The lowest BCUT2D eigenvalue weighted by molar-refractivity contribution is 0.0930. The van der Waals surface area contributed by atoms with E-state index in [-0.39, 0.29) is 11.9 Å². The number of aryl methyl sites for hydroxylation is 1. The lowest BCUT2D eigenvalue weighted by atomic mass is 10.3. The number of nitrogens with two attached hydrogens (primary N) is 1. The summed E-state index contributed by atoms with van der Waals surface area (Å²) in [6.45, 7) is 4.60. The number of carbonyl (C=O) groups excluding carboxylic acids is 1. The third-order valence-corrected chi connectivity index (χ3v) is 3.62. The SMILES string of the molecule is CCn1cc(N)cc1C(=O)NC(C)c1nccs1. The van der Waals surface area contributed by atoms with E-state index in [9.17, 15) is 4.79 Å². The van der Waals surface area contributed by atoms with E-state index in [1.165, 1.54) is 11.3 Å². The van der Waals surface area contributed by atoms with Crippen LogP contribution in [0, 0.1) is 0 Å². The minimum Gasteiger partial charge on any atom is -0.397 e. The predicted molar refractivity (Wildman–Crippen MR) is 72.5 cm³/mol. The minimum absolute atomic E-state index is 0.0982. The Hall–Kier alpha value is -1.82. The highest BCUT2D eigenvalue weighted by Gasteiger charge is 2.16. The lowest BCUT2D eigenvalue weighted by Gasteiger charge is -2.12. The maximum atomic E-state index is 12.1. The number of nitrogens with zero attached hydrogens (tertiary/aromatic N) is 2. The molecular formula is C12H16N4OS. The topological polar surface area (TPSA) is 72.9 Å². The first-order valence-corrected chi connectivity index (χ1v) is 6.65. The Balaban J connectivity index is 2.12. The molecule has 2 rings (SSSR count). The number of carbonyl (C=O) groups is 1. The second-order valence-electron chi connectivity index (χ2n) is 4.01. The van der Waals surface area contributed by atoms with Crippen LogP contribution in [-0.4, -0.2) is 15.5 Å². The van der Waals surface area contributed by atoms with Crippen molar-refractivity contribution in [2.45, 2.75) is 26.4 Å². The van der Waals surface area contributed by atoms with Crippen LogP contribution in [0.5, 0.6) is 0 Å². The summed E-state index contributed by atoms with van der Waals surface area (Å²) in [4.78, 5) is 16.3. The molecule has 0 saturated carbocycles. The average molecular weight is 264 g/mol. The molecule has 6 heteroatoms. The Morgan fingerprint density at radius 2 is 2.44 bits per heavy atom. The number of hydrogen-bond donors (Lipinski definition) is 2. The van der Waals surface area contributed by atoms with Gasteiger partial charge in [-0.2, -0.15) is 0 Å². The number of anilines is 1. The van der Waals surface area contributed by atoms with Gasteiger partial charge in [-0.25, -0.2) is 4.98 Å². The van der Waals surface area contributed by atoms with Crippen LogP contribution in [0.3, 0.4) is 0 Å². The van der Waals surface area contributed by atoms with Crippen molar-refractivity contribution in [3.63, 3.8) is 0 Å². The summed E-state index contributed by atoms with van der Waals surface area (Å²) < 4.78 is 1.83. The van der Waals surface area contributed by atoms with Gasteiger partial charge in [-0.3, -0.25) is 4.79 Å². The number of amides is 1. The van der Waals surface area contributed by atoms with Gasteiger partial charge in [-0.1, -0.05) is 0 Å². The van der Waals surface area contributed by atoms with E-state index in [1.807, 2.05) is 23.8 Å². The fourth-order valence-corrected chi connectivity index (χ4v) is 2.41. The Labute approximate surface area is 110 Å². The fourth-order valence-electron chi connectivity index (χ4n) is 1.77. The molecule has 0 bridgehead atoms. The fraction of sp³-hybridized carbons (Fsp3) is 0.333. The van der Waals surface area contributed by atoms with Crippen molar-refractivity contribution in [3.05, 3.63) is 34.5 Å². The van der Waals surface area contributed by atoms with Crippen LogP contribution in [0.1, 0.15) is 35.4 Å². The molecule has 0 aliphatic heterocycles. The summed E-state index contributed by atoms with van der Waals surface area (Å²) in [5, 5.41) is 5.71. The van der Waals surface area contributed by atoms with E-state index in [4.69, 9.17) is 5.73 Å². The van der Waals surface area contributed by atoms with Gasteiger partial charge in [0, 0.05) is 24.3 Å². The first-order valence-electron chi connectivity index (χ1n) is 5.77. The average Bonchev–Trinajstić information content (AvgIpc) is 2.96. The first kappa shape index (κ1) is 12.6. The third-order valence-electron chi connectivity index (χ3n) is 2.66. The smallest absolute Gasteiger partial charge is 0.268 e. The monoisotopic (exact) mass is 264 g/mol. The zero-order valence-electron chi connectivity index (χ0n) is 10.4. The maximum Gasteiger partial charge on any atom is 0.268 e. The van der Waals surface area contributed by atoms with Crippen LogP contribution in [0.15, 0.2) is 23.8 Å². The predicted octanol–water partition coefficient (Wildman–Crippen LogP) is 2.04. The number of nitrogen functional groups attached to an aromatic ring is 1. The van der Waals surface area contributed by atoms with Gasteiger partial charge >= 0.3 is 0 Å². The van der Waals surface area contributed by atoms with Gasteiger partial charge in [0.2, 0.25) is 0 Å². The van der Waals surface area contributed by atoms with Gasteiger partial charge in [-0.15, -0.1) is 11.3 Å². The number of thiazole rings is 1. The summed E-state index contributed by atoms with van der Waals surface area (Å²) in [5.41, 5.74) is 6.89. The Bertz CT molecular complexity index is 532. The van der Waals surface area contributed by atoms with Gasteiger partial charge < -0.3 is 15.6 Å². The highest BCUT2D eigenvalue weighted by Crippen LogP contribution is 2.16. The van der Waals surface area contributed by atoms with Crippen molar-refractivity contribution in [1.82, 2.24) is 14.9 Å². The standard InChI is InChI=1S/C12H16N4OS/c1-3-16-7-9(13)6-10(16)11(17)15-8(2)12-14-4-5-18-12/h4-8H,3,13H2,1-2H3,(H,15,17). The van der Waals surface area contributed by atoms with Crippen molar-refractivity contribution in [1.29, 1.82) is 0 Å². The second-order valence-corrected chi connectivity index (χ2v) is 4.94. The molecule has 1 amide bonds. The Morgan fingerprint density at radius 1 is 1.67 bits per heavy atom. The van der Waals surface area contributed by atoms with Crippen molar-refractivity contribution < 1.29 is 4.79 Å². The summed E-state index contributed by atoms with van der Waals surface area (Å²) in [6, 6.07) is 1.59. The van der Waals surface area contributed by atoms with Crippen molar-refractivity contribution in [2.24, 2.45) is 0 Å². The molecule has 0 aliphatic carbocycles. The number of rotatable bonds is 4. The van der Waals surface area contributed by atoms with E-state index in [0.717, 1.165) is 5.01 Å². The normalized spacial score (nSPS) is 12.3. The second kappa shape index (κ2) is 5.22. The molecule has 18 heavy (non-hydrogen) atoms. The molecule has 0 aromatic carbocycles. The summed E-state index contributed by atoms with van der Waals surface area (Å²) in [7, 11) is 0. The summed E-state index contributed by atoms with van der Waals surface area (Å²) in [5.74, 6) is -0.128. The maximum absolute atomic E-state index is 12.1. The molecule has 0 spiro atoms. The Kier molecular flexibility index (Phi) is 3.66. The largest absolute Gasteiger partial charge is 0.397 e. The number of nitrogens with one attached hydrogen (secondary N) is 1. The van der Waals surface area contributed by atoms with Crippen molar-refractivity contribution >= 4 is 22.9 Å². The van der Waals surface area contributed by atoms with E-state index < -0.39 is 0 Å². The molecule has 0 saturated heterocycles. The van der Waals surface area contributed by atoms with E-state index >= 15 is 0 Å². The quantitative estimate of drug-likeness (QED) is 0.887. The van der Waals surface area contributed by atoms with E-state index in [0.29, 0.717) is 17.9 Å². The Morgan fingerprint density at radius 3 is 3.06 bits per heavy atom. The van der Waals surface area contributed by atoms with Crippen molar-refractivity contribution in [3.8, 4) is 0 Å². The molecule has 2 heterocycles. The van der Waals surface area contributed by atoms with Crippen LogP contribution in [0.4, 0.5) is 5.69 Å². The molecule has 0 fully saturated rings. The molecule has 2 aromatic rings. The molecular weight excluding hydrogens is 248 g/mol. The number of hydrogen-bond acceptors (Lipinski definition) is 4. The first-order chi connectivity index (χ1) is 8.61. The molecule has 0 aliphatic rings. The van der Waals surface area contributed by atoms with Crippen LogP contribution in [0.2, 0.25) is 0 Å². The summed E-state index contributed by atoms with van der Waals surface area (Å²) >= 11 is 1.53. The van der Waals surface area contributed by atoms with E-state index in [2.05, 4.69) is 10.3 Å². The van der Waals surface area contributed by atoms with Crippen molar-refractivity contribution in [2.75, 3.05) is 5.73 Å². The molecule has 5 nitrogen and oxygen atoms in total. The van der Waals surface area contributed by atoms with E-state index in [1.54, 1.807) is 18.5 Å². The van der Waals surface area contributed by atoms with Gasteiger partial charge in [0.05, 0.1) is 11.7 Å². The molecule has 1 atom stereocenters. The number of aromatic nitrogens is 2. The summed E-state index contributed by atoms with van der Waals surface area (Å²) in [6.07, 6.45) is 3.50.